The van der Waals surface area contributed by atoms with Crippen molar-refractivity contribution in [3.63, 3.8) is 0 Å². The van der Waals surface area contributed by atoms with Crippen LogP contribution < -0.4 is 10.2 Å². The van der Waals surface area contributed by atoms with E-state index in [2.05, 4.69) is 5.32 Å². The summed E-state index contributed by atoms with van der Waals surface area (Å²) < 4.78 is 25.1. The van der Waals surface area contributed by atoms with Crippen molar-refractivity contribution in [2.75, 3.05) is 11.4 Å². The van der Waals surface area contributed by atoms with Crippen molar-refractivity contribution < 1.29 is 28.2 Å². The molecule has 1 N–H and O–H groups in total. The molecule has 8 heteroatoms. The van der Waals surface area contributed by atoms with Gasteiger partial charge in [-0.2, -0.15) is 0 Å². The van der Waals surface area contributed by atoms with Crippen LogP contribution in [0.25, 0.3) is 0 Å². The molecule has 0 radical (unpaired) electrons. The molecule has 0 bridgehead atoms. The molecule has 7 nitrogen and oxygen atoms in total. The highest BCUT2D eigenvalue weighted by Gasteiger charge is 2.36. The Hall–Kier alpha value is -3.42. The number of alkyl carbamates (subject to hydrolysis) is 1. The maximum absolute atomic E-state index is 14.7. The number of nitrogens with zero attached hydrogens (tertiary/aromatic N) is 1. The van der Waals surface area contributed by atoms with Crippen molar-refractivity contribution in [3.8, 4) is 0 Å². The highest BCUT2D eigenvalue weighted by Crippen LogP contribution is 2.26. The Balaban J connectivity index is 1.62. The smallest absolute Gasteiger partial charge is 0.408 e. The number of nitrogens with one attached hydrogen (secondary N) is 1. The van der Waals surface area contributed by atoms with Crippen LogP contribution >= 0.6 is 0 Å². The average molecular weight is 428 g/mol. The van der Waals surface area contributed by atoms with E-state index in [0.717, 1.165) is 11.6 Å². The monoisotopic (exact) mass is 428 g/mol. The second-order valence-corrected chi connectivity index (χ2v) is 8.21. The van der Waals surface area contributed by atoms with Gasteiger partial charge in [0, 0.05) is 6.54 Å². The van der Waals surface area contributed by atoms with Crippen LogP contribution in [0.2, 0.25) is 0 Å². The fourth-order valence-electron chi connectivity index (χ4n) is 3.16. The topological polar surface area (TPSA) is 84.9 Å². The van der Waals surface area contributed by atoms with Crippen molar-refractivity contribution in [2.45, 2.75) is 45.4 Å². The van der Waals surface area contributed by atoms with Gasteiger partial charge in [-0.05, 0) is 51.0 Å². The third kappa shape index (κ3) is 5.81. The number of carbonyl (C=O) groups excluding carboxylic acids is 3. The molecule has 1 unspecified atom stereocenters. The van der Waals surface area contributed by atoms with Crippen molar-refractivity contribution >= 4 is 23.7 Å². The van der Waals surface area contributed by atoms with Gasteiger partial charge in [0.25, 0.3) is 0 Å². The first-order chi connectivity index (χ1) is 14.6. The van der Waals surface area contributed by atoms with Crippen LogP contribution in [-0.2, 0) is 20.9 Å². The Labute approximate surface area is 180 Å². The van der Waals surface area contributed by atoms with E-state index in [0.29, 0.717) is 6.42 Å². The number of hydrogen-bond acceptors (Lipinski definition) is 5. The van der Waals surface area contributed by atoms with Crippen LogP contribution in [0.15, 0.2) is 48.5 Å². The quantitative estimate of drug-likeness (QED) is 0.732. The summed E-state index contributed by atoms with van der Waals surface area (Å²) in [5, 5.41) is 2.52. The van der Waals surface area contributed by atoms with E-state index in [1.165, 1.54) is 17.0 Å². The molecule has 1 aliphatic heterocycles. The minimum Gasteiger partial charge on any atom is -0.457 e. The van der Waals surface area contributed by atoms with Crippen LogP contribution in [0.5, 0.6) is 0 Å². The van der Waals surface area contributed by atoms with Crippen molar-refractivity contribution in [1.82, 2.24) is 5.32 Å². The maximum Gasteiger partial charge on any atom is 0.408 e. The maximum atomic E-state index is 14.7. The molecule has 0 aromatic heterocycles. The first-order valence-corrected chi connectivity index (χ1v) is 9.95. The second-order valence-electron chi connectivity index (χ2n) is 8.21. The molecule has 1 saturated heterocycles. The lowest BCUT2D eigenvalue weighted by Gasteiger charge is -2.22. The number of hydrogen-bond donors (Lipinski definition) is 1. The Morgan fingerprint density at radius 2 is 1.87 bits per heavy atom. The van der Waals surface area contributed by atoms with Crippen LogP contribution in [0.4, 0.5) is 14.9 Å². The van der Waals surface area contributed by atoms with E-state index < -0.39 is 35.4 Å². The zero-order valence-corrected chi connectivity index (χ0v) is 17.7. The van der Waals surface area contributed by atoms with Gasteiger partial charge in [0.05, 0.1) is 11.3 Å². The van der Waals surface area contributed by atoms with E-state index in [4.69, 9.17) is 9.47 Å². The largest absolute Gasteiger partial charge is 0.457 e. The van der Waals surface area contributed by atoms with Gasteiger partial charge in [-0.25, -0.2) is 14.0 Å². The third-order valence-electron chi connectivity index (χ3n) is 4.58. The first kappa shape index (κ1) is 22.3. The van der Waals surface area contributed by atoms with Gasteiger partial charge < -0.3 is 19.7 Å². The summed E-state index contributed by atoms with van der Waals surface area (Å²) in [6.07, 6.45) is -0.386. The molecule has 2 amide bonds. The molecule has 2 aromatic rings. The zero-order valence-electron chi connectivity index (χ0n) is 17.7. The van der Waals surface area contributed by atoms with Crippen LogP contribution in [0.3, 0.4) is 0 Å². The van der Waals surface area contributed by atoms with Gasteiger partial charge in [0.15, 0.2) is 0 Å². The van der Waals surface area contributed by atoms with Gasteiger partial charge in [0.2, 0.25) is 5.91 Å². The second kappa shape index (κ2) is 9.16. The average Bonchev–Trinajstić information content (AvgIpc) is 3.05. The number of esters is 1. The molecule has 31 heavy (non-hydrogen) atoms. The van der Waals surface area contributed by atoms with Gasteiger partial charge >= 0.3 is 12.1 Å². The first-order valence-electron chi connectivity index (χ1n) is 9.95. The molecule has 3 rings (SSSR count). The predicted molar refractivity (Wildman–Crippen MR) is 112 cm³/mol. The summed E-state index contributed by atoms with van der Waals surface area (Å²) in [6.45, 7) is 5.46. The normalized spacial score (nSPS) is 16.2. The number of carbonyl (C=O) groups is 3. The molecule has 0 aliphatic carbocycles. The fourth-order valence-corrected chi connectivity index (χ4v) is 3.16. The summed E-state index contributed by atoms with van der Waals surface area (Å²) in [7, 11) is 0. The predicted octanol–water partition coefficient (Wildman–Crippen LogP) is 3.81. The number of amides is 2. The van der Waals surface area contributed by atoms with Crippen molar-refractivity contribution in [3.05, 3.63) is 65.5 Å². The molecule has 164 valence electrons. The number of halogens is 1. The van der Waals surface area contributed by atoms with Crippen LogP contribution in [-0.4, -0.2) is 36.2 Å². The molecule has 1 atom stereocenters. The van der Waals surface area contributed by atoms with E-state index >= 15 is 0 Å². The van der Waals surface area contributed by atoms with Crippen LogP contribution in [0.1, 0.15) is 43.1 Å². The minimum absolute atomic E-state index is 0.0399. The SMILES string of the molecule is CC(C)(C)OC(=O)NC1CCN(c2ccc(C(=O)OCc3ccccc3)cc2F)C1=O. The standard InChI is InChI=1S/C23H25FN2O5/c1-23(2,3)31-22(29)25-18-11-12-26(20(18)27)19-10-9-16(13-17(19)24)21(28)30-14-15-7-5-4-6-8-15/h4-10,13,18H,11-12,14H2,1-3H3,(H,25,29). The number of ether oxygens (including phenoxy) is 2. The lowest BCUT2D eigenvalue weighted by atomic mass is 10.2. The molecule has 1 fully saturated rings. The van der Waals surface area contributed by atoms with Crippen LogP contribution in [0, 0.1) is 5.82 Å². The molecular weight excluding hydrogens is 403 g/mol. The summed E-state index contributed by atoms with van der Waals surface area (Å²) in [6, 6.07) is 12.2. The summed E-state index contributed by atoms with van der Waals surface area (Å²) in [5.41, 5.74) is 0.215. The Morgan fingerprint density at radius 3 is 2.52 bits per heavy atom. The molecule has 1 aliphatic rings. The summed E-state index contributed by atoms with van der Waals surface area (Å²) >= 11 is 0. The summed E-state index contributed by atoms with van der Waals surface area (Å²) in [4.78, 5) is 38.0. The molecule has 0 spiro atoms. The minimum atomic E-state index is -0.801. The lowest BCUT2D eigenvalue weighted by Crippen LogP contribution is -2.43. The van der Waals surface area contributed by atoms with Crippen molar-refractivity contribution in [2.24, 2.45) is 0 Å². The summed E-state index contributed by atoms with van der Waals surface area (Å²) in [5.74, 6) is -1.82. The fraction of sp³-hybridized carbons (Fsp3) is 0.348. The van der Waals surface area contributed by atoms with Gasteiger partial charge in [-0.15, -0.1) is 0 Å². The van der Waals surface area contributed by atoms with E-state index in [-0.39, 0.29) is 24.4 Å². The molecule has 1 heterocycles. The zero-order chi connectivity index (χ0) is 22.6. The van der Waals surface area contributed by atoms with Crippen molar-refractivity contribution in [1.29, 1.82) is 0 Å². The Bertz CT molecular complexity index is 972. The Kier molecular flexibility index (Phi) is 6.58. The van der Waals surface area contributed by atoms with Gasteiger partial charge in [-0.1, -0.05) is 30.3 Å². The van der Waals surface area contributed by atoms with E-state index in [1.807, 2.05) is 30.3 Å². The molecule has 0 saturated carbocycles. The number of anilines is 1. The highest BCUT2D eigenvalue weighted by molar-refractivity contribution is 6.01. The highest BCUT2D eigenvalue weighted by atomic mass is 19.1. The number of rotatable bonds is 5. The molecular formula is C23H25FN2O5. The molecule has 2 aromatic carbocycles. The van der Waals surface area contributed by atoms with Gasteiger partial charge in [-0.3, -0.25) is 4.79 Å². The van der Waals surface area contributed by atoms with Gasteiger partial charge in [0.1, 0.15) is 24.1 Å². The van der Waals surface area contributed by atoms with E-state index in [9.17, 15) is 18.8 Å². The number of benzene rings is 2. The Morgan fingerprint density at radius 1 is 1.16 bits per heavy atom. The lowest BCUT2D eigenvalue weighted by molar-refractivity contribution is -0.118. The third-order valence-corrected chi connectivity index (χ3v) is 4.58. The van der Waals surface area contributed by atoms with E-state index in [1.54, 1.807) is 20.8 Å².